The molecule has 176 valence electrons. The second-order valence-corrected chi connectivity index (χ2v) is 12.1. The third-order valence-corrected chi connectivity index (χ3v) is 8.41. The summed E-state index contributed by atoms with van der Waals surface area (Å²) in [6, 6.07) is 14.1. The van der Waals surface area contributed by atoms with Crippen molar-refractivity contribution in [3.05, 3.63) is 71.0 Å². The van der Waals surface area contributed by atoms with E-state index in [9.17, 15) is 13.2 Å². The number of hydrogen-bond acceptors (Lipinski definition) is 4. The van der Waals surface area contributed by atoms with Crippen LogP contribution in [-0.4, -0.2) is 36.8 Å². The van der Waals surface area contributed by atoms with Crippen LogP contribution in [0, 0.1) is 0 Å². The molecule has 0 saturated carbocycles. The summed E-state index contributed by atoms with van der Waals surface area (Å²) in [7, 11) is -3.11. The molecule has 1 aliphatic rings. The average molecular weight is 468 g/mol. The Hall–Kier alpha value is -2.60. The summed E-state index contributed by atoms with van der Waals surface area (Å²) < 4.78 is 30.1. The van der Waals surface area contributed by atoms with Crippen molar-refractivity contribution in [3.8, 4) is 0 Å². The van der Waals surface area contributed by atoms with Gasteiger partial charge in [0.25, 0.3) is 0 Å². The number of benzene rings is 2. The number of sulfone groups is 1. The lowest BCUT2D eigenvalue weighted by molar-refractivity contribution is -0.133. The fourth-order valence-electron chi connectivity index (χ4n) is 4.51. The van der Waals surface area contributed by atoms with Gasteiger partial charge in [-0.2, -0.15) is 0 Å². The number of carbonyl (C=O) groups is 1. The second kappa shape index (κ2) is 9.34. The normalized spacial score (nSPS) is 17.8. The SMILES string of the molecule is CC(C)c1ccc(CN(C(=O)Cc2coc3ccc(C(C)C)cc23)C2CCS(=O)(=O)C2)cc1. The highest BCUT2D eigenvalue weighted by Crippen LogP contribution is 2.28. The van der Waals surface area contributed by atoms with Gasteiger partial charge in [-0.05, 0) is 47.1 Å². The number of nitrogens with zero attached hydrogens (tertiary/aromatic N) is 1. The van der Waals surface area contributed by atoms with Gasteiger partial charge < -0.3 is 9.32 Å². The zero-order valence-electron chi connectivity index (χ0n) is 19.9. The third kappa shape index (κ3) is 5.32. The van der Waals surface area contributed by atoms with Crippen molar-refractivity contribution in [1.29, 1.82) is 0 Å². The summed E-state index contributed by atoms with van der Waals surface area (Å²) in [5.41, 5.74) is 5.06. The van der Waals surface area contributed by atoms with E-state index in [1.165, 1.54) is 11.1 Å². The predicted molar refractivity (Wildman–Crippen MR) is 132 cm³/mol. The summed E-state index contributed by atoms with van der Waals surface area (Å²) in [6.45, 7) is 8.98. The molecule has 1 unspecified atom stereocenters. The molecule has 0 aliphatic carbocycles. The molecular formula is C27H33NO4S. The predicted octanol–water partition coefficient (Wildman–Crippen LogP) is 5.44. The lowest BCUT2D eigenvalue weighted by Crippen LogP contribution is -2.41. The minimum absolute atomic E-state index is 0.0342. The van der Waals surface area contributed by atoms with E-state index < -0.39 is 9.84 Å². The van der Waals surface area contributed by atoms with E-state index in [4.69, 9.17) is 4.42 Å². The fourth-order valence-corrected chi connectivity index (χ4v) is 6.24. The molecule has 1 atom stereocenters. The van der Waals surface area contributed by atoms with E-state index in [-0.39, 0.29) is 29.9 Å². The van der Waals surface area contributed by atoms with Crippen LogP contribution in [0.5, 0.6) is 0 Å². The maximum atomic E-state index is 13.5. The Bertz CT molecular complexity index is 1240. The number of rotatable bonds is 7. The molecule has 0 spiro atoms. The lowest BCUT2D eigenvalue weighted by Gasteiger charge is -2.28. The van der Waals surface area contributed by atoms with Crippen LogP contribution < -0.4 is 0 Å². The fraction of sp³-hybridized carbons (Fsp3) is 0.444. The van der Waals surface area contributed by atoms with Gasteiger partial charge in [-0.1, -0.05) is 58.0 Å². The second-order valence-electron chi connectivity index (χ2n) is 9.82. The topological polar surface area (TPSA) is 67.6 Å². The smallest absolute Gasteiger partial charge is 0.227 e. The van der Waals surface area contributed by atoms with Gasteiger partial charge in [-0.25, -0.2) is 8.42 Å². The van der Waals surface area contributed by atoms with Crippen LogP contribution >= 0.6 is 0 Å². The number of amides is 1. The van der Waals surface area contributed by atoms with Crippen molar-refractivity contribution in [2.45, 2.75) is 65.0 Å². The standard InChI is InChI=1S/C27H33NO4S/c1-18(2)21-7-5-20(6-8-21)15-28(24-11-12-33(30,31)17-24)27(29)14-23-16-32-26-10-9-22(19(3)4)13-25(23)26/h5-10,13,16,18-19,24H,11-12,14-15,17H2,1-4H3. The first-order valence-electron chi connectivity index (χ1n) is 11.7. The molecule has 0 radical (unpaired) electrons. The van der Waals surface area contributed by atoms with Crippen molar-refractivity contribution in [2.24, 2.45) is 0 Å². The maximum absolute atomic E-state index is 13.5. The molecule has 1 aromatic heterocycles. The van der Waals surface area contributed by atoms with E-state index in [0.29, 0.717) is 24.8 Å². The first kappa shape index (κ1) is 23.6. The van der Waals surface area contributed by atoms with Gasteiger partial charge in [0.15, 0.2) is 9.84 Å². The van der Waals surface area contributed by atoms with Crippen molar-refractivity contribution >= 4 is 26.7 Å². The highest BCUT2D eigenvalue weighted by atomic mass is 32.2. The summed E-state index contributed by atoms with van der Waals surface area (Å²) in [4.78, 5) is 15.3. The number of fused-ring (bicyclic) bond motifs is 1. The summed E-state index contributed by atoms with van der Waals surface area (Å²) in [6.07, 6.45) is 2.34. The van der Waals surface area contributed by atoms with E-state index in [1.807, 2.05) is 18.2 Å². The molecule has 3 aromatic rings. The van der Waals surface area contributed by atoms with Gasteiger partial charge in [0.05, 0.1) is 24.2 Å². The maximum Gasteiger partial charge on any atom is 0.227 e. The zero-order valence-corrected chi connectivity index (χ0v) is 20.7. The number of hydrogen-bond donors (Lipinski definition) is 0. The molecule has 33 heavy (non-hydrogen) atoms. The van der Waals surface area contributed by atoms with Gasteiger partial charge in [-0.3, -0.25) is 4.79 Å². The Balaban J connectivity index is 1.60. The van der Waals surface area contributed by atoms with Gasteiger partial charge >= 0.3 is 0 Å². The van der Waals surface area contributed by atoms with E-state index in [1.54, 1.807) is 11.2 Å². The van der Waals surface area contributed by atoms with Crippen LogP contribution in [-0.2, 0) is 27.6 Å². The van der Waals surface area contributed by atoms with Gasteiger partial charge in [0.2, 0.25) is 5.91 Å². The monoisotopic (exact) mass is 467 g/mol. The quantitative estimate of drug-likeness (QED) is 0.464. The highest BCUT2D eigenvalue weighted by molar-refractivity contribution is 7.91. The van der Waals surface area contributed by atoms with Crippen LogP contribution in [0.15, 0.2) is 53.1 Å². The Morgan fingerprint density at radius 2 is 1.70 bits per heavy atom. The molecule has 1 aliphatic heterocycles. The Morgan fingerprint density at radius 3 is 2.30 bits per heavy atom. The Labute approximate surface area is 196 Å². The van der Waals surface area contributed by atoms with Crippen molar-refractivity contribution in [1.82, 2.24) is 4.90 Å². The Morgan fingerprint density at radius 1 is 1.03 bits per heavy atom. The molecule has 1 saturated heterocycles. The van der Waals surface area contributed by atoms with Crippen LogP contribution in [0.4, 0.5) is 0 Å². The molecule has 0 N–H and O–H groups in total. The van der Waals surface area contributed by atoms with Crippen LogP contribution in [0.2, 0.25) is 0 Å². The third-order valence-electron chi connectivity index (χ3n) is 6.65. The molecule has 6 heteroatoms. The molecule has 2 aromatic carbocycles. The lowest BCUT2D eigenvalue weighted by atomic mass is 9.99. The first-order chi connectivity index (χ1) is 15.6. The zero-order chi connectivity index (χ0) is 23.8. The molecule has 5 nitrogen and oxygen atoms in total. The molecule has 0 bridgehead atoms. The molecule has 4 rings (SSSR count). The van der Waals surface area contributed by atoms with Gasteiger partial charge in [-0.15, -0.1) is 0 Å². The molecule has 1 fully saturated rings. The van der Waals surface area contributed by atoms with Crippen LogP contribution in [0.3, 0.4) is 0 Å². The first-order valence-corrected chi connectivity index (χ1v) is 13.5. The number of furan rings is 1. The minimum atomic E-state index is -3.11. The van der Waals surface area contributed by atoms with E-state index in [2.05, 4.69) is 52.0 Å². The van der Waals surface area contributed by atoms with Gasteiger partial charge in [0, 0.05) is 23.5 Å². The largest absolute Gasteiger partial charge is 0.464 e. The van der Waals surface area contributed by atoms with Crippen LogP contribution in [0.25, 0.3) is 11.0 Å². The number of carbonyl (C=O) groups excluding carboxylic acids is 1. The summed E-state index contributed by atoms with van der Waals surface area (Å²) in [5.74, 6) is 0.915. The van der Waals surface area contributed by atoms with Crippen molar-refractivity contribution in [3.63, 3.8) is 0 Å². The highest BCUT2D eigenvalue weighted by Gasteiger charge is 2.35. The average Bonchev–Trinajstić information content (AvgIpc) is 3.34. The molecule has 2 heterocycles. The summed E-state index contributed by atoms with van der Waals surface area (Å²) in [5, 5.41) is 0.954. The van der Waals surface area contributed by atoms with E-state index in [0.717, 1.165) is 22.1 Å². The van der Waals surface area contributed by atoms with Crippen LogP contribution in [0.1, 0.15) is 68.2 Å². The van der Waals surface area contributed by atoms with Crippen molar-refractivity contribution < 1.29 is 17.6 Å². The Kier molecular flexibility index (Phi) is 6.66. The molecule has 1 amide bonds. The van der Waals surface area contributed by atoms with Crippen molar-refractivity contribution in [2.75, 3.05) is 11.5 Å². The van der Waals surface area contributed by atoms with Gasteiger partial charge in [0.1, 0.15) is 5.58 Å². The minimum Gasteiger partial charge on any atom is -0.464 e. The summed E-state index contributed by atoms with van der Waals surface area (Å²) >= 11 is 0. The molecular weight excluding hydrogens is 434 g/mol. The van der Waals surface area contributed by atoms with E-state index >= 15 is 0 Å².